The molecule has 0 atom stereocenters. The quantitative estimate of drug-likeness (QED) is 0.378. The molecule has 0 saturated heterocycles. The number of nitrogens with zero attached hydrogens (tertiary/aromatic N) is 3. The first-order valence-corrected chi connectivity index (χ1v) is 11.4. The van der Waals surface area contributed by atoms with Crippen molar-refractivity contribution in [3.8, 4) is 5.75 Å². The largest absolute Gasteiger partial charge is 0.492 e. The van der Waals surface area contributed by atoms with Gasteiger partial charge < -0.3 is 9.72 Å². The van der Waals surface area contributed by atoms with Gasteiger partial charge >= 0.3 is 0 Å². The second-order valence-electron chi connectivity index (χ2n) is 6.89. The molecule has 4 aromatic rings. The van der Waals surface area contributed by atoms with Crippen LogP contribution in [-0.2, 0) is 12.3 Å². The van der Waals surface area contributed by atoms with Gasteiger partial charge in [-0.15, -0.1) is 11.3 Å². The molecule has 0 amide bonds. The first kappa shape index (κ1) is 19.9. The van der Waals surface area contributed by atoms with Crippen molar-refractivity contribution in [3.63, 3.8) is 0 Å². The number of thiophene rings is 1. The van der Waals surface area contributed by atoms with E-state index >= 15 is 0 Å². The minimum Gasteiger partial charge on any atom is -0.492 e. The van der Waals surface area contributed by atoms with Gasteiger partial charge in [0.25, 0.3) is 0 Å². The van der Waals surface area contributed by atoms with Crippen LogP contribution >= 0.6 is 23.1 Å². The molecule has 0 aliphatic carbocycles. The Morgan fingerprint density at radius 3 is 2.90 bits per heavy atom. The predicted octanol–water partition coefficient (Wildman–Crippen LogP) is 5.13. The number of pyridine rings is 1. The molecule has 0 radical (unpaired) electrons. The SMILES string of the molecule is Cc1c(OCCN(C)Cc2cccs2)ccnc1CSc1nc2ccccc2[nH]1. The third-order valence-electron chi connectivity index (χ3n) is 4.71. The smallest absolute Gasteiger partial charge is 0.166 e. The van der Waals surface area contributed by atoms with Crippen molar-refractivity contribution in [2.75, 3.05) is 20.2 Å². The van der Waals surface area contributed by atoms with Gasteiger partial charge in [-0.3, -0.25) is 9.88 Å². The van der Waals surface area contributed by atoms with Crippen LogP contribution in [0.25, 0.3) is 11.0 Å². The first-order chi connectivity index (χ1) is 14.2. The fourth-order valence-electron chi connectivity index (χ4n) is 3.05. The van der Waals surface area contributed by atoms with Crippen LogP contribution in [0.4, 0.5) is 0 Å². The predicted molar refractivity (Wildman–Crippen MR) is 121 cm³/mol. The third-order valence-corrected chi connectivity index (χ3v) is 6.45. The molecule has 0 saturated carbocycles. The van der Waals surface area contributed by atoms with Crippen molar-refractivity contribution in [1.29, 1.82) is 0 Å². The molecule has 3 aromatic heterocycles. The first-order valence-electron chi connectivity index (χ1n) is 9.55. The minimum atomic E-state index is 0.656. The van der Waals surface area contributed by atoms with Gasteiger partial charge in [0.05, 0.1) is 16.7 Å². The zero-order chi connectivity index (χ0) is 20.1. The van der Waals surface area contributed by atoms with Crippen molar-refractivity contribution in [1.82, 2.24) is 19.9 Å². The number of thioether (sulfide) groups is 1. The van der Waals surface area contributed by atoms with Crippen molar-refractivity contribution in [2.24, 2.45) is 0 Å². The lowest BCUT2D eigenvalue weighted by atomic mass is 10.2. The van der Waals surface area contributed by atoms with E-state index < -0.39 is 0 Å². The van der Waals surface area contributed by atoms with Gasteiger partial charge in [-0.2, -0.15) is 0 Å². The molecule has 29 heavy (non-hydrogen) atoms. The minimum absolute atomic E-state index is 0.656. The number of para-hydroxylation sites is 2. The van der Waals surface area contributed by atoms with Gasteiger partial charge in [0.2, 0.25) is 0 Å². The topological polar surface area (TPSA) is 54.0 Å². The average molecular weight is 425 g/mol. The molecule has 0 bridgehead atoms. The van der Waals surface area contributed by atoms with Gasteiger partial charge in [-0.1, -0.05) is 30.0 Å². The Labute approximate surface area is 179 Å². The molecule has 0 fully saturated rings. The Balaban J connectivity index is 1.31. The van der Waals surface area contributed by atoms with Gasteiger partial charge in [-0.25, -0.2) is 4.98 Å². The molecular formula is C22H24N4OS2. The Kier molecular flexibility index (Phi) is 6.49. The maximum atomic E-state index is 6.06. The normalized spacial score (nSPS) is 11.4. The molecule has 3 heterocycles. The highest BCUT2D eigenvalue weighted by Crippen LogP contribution is 2.27. The number of hydrogen-bond acceptors (Lipinski definition) is 6. The van der Waals surface area contributed by atoms with Crippen molar-refractivity contribution < 1.29 is 4.74 Å². The Morgan fingerprint density at radius 2 is 2.07 bits per heavy atom. The molecule has 0 spiro atoms. The monoisotopic (exact) mass is 424 g/mol. The highest BCUT2D eigenvalue weighted by Gasteiger charge is 2.10. The summed E-state index contributed by atoms with van der Waals surface area (Å²) >= 11 is 3.45. The molecule has 5 nitrogen and oxygen atoms in total. The molecule has 1 N–H and O–H groups in total. The Morgan fingerprint density at radius 1 is 1.17 bits per heavy atom. The van der Waals surface area contributed by atoms with Crippen LogP contribution in [0.3, 0.4) is 0 Å². The number of likely N-dealkylation sites (N-methyl/N-ethyl adjacent to an activating group) is 1. The van der Waals surface area contributed by atoms with Gasteiger partial charge in [0.1, 0.15) is 12.4 Å². The van der Waals surface area contributed by atoms with E-state index in [4.69, 9.17) is 4.74 Å². The Hall–Kier alpha value is -2.35. The summed E-state index contributed by atoms with van der Waals surface area (Å²) in [6.45, 7) is 4.56. The second kappa shape index (κ2) is 9.43. The molecule has 4 rings (SSSR count). The summed E-state index contributed by atoms with van der Waals surface area (Å²) in [7, 11) is 2.12. The number of H-pyrrole nitrogens is 1. The zero-order valence-corrected chi connectivity index (χ0v) is 18.2. The van der Waals surface area contributed by atoms with E-state index in [0.717, 1.165) is 52.0 Å². The highest BCUT2D eigenvalue weighted by molar-refractivity contribution is 7.98. The highest BCUT2D eigenvalue weighted by atomic mass is 32.2. The van der Waals surface area contributed by atoms with Crippen LogP contribution in [0.2, 0.25) is 0 Å². The lowest BCUT2D eigenvalue weighted by molar-refractivity contribution is 0.233. The van der Waals surface area contributed by atoms with Crippen LogP contribution < -0.4 is 4.74 Å². The molecule has 0 aliphatic heterocycles. The number of nitrogens with one attached hydrogen (secondary N) is 1. The molecular weight excluding hydrogens is 400 g/mol. The van der Waals surface area contributed by atoms with Gasteiger partial charge in [0, 0.05) is 35.5 Å². The lowest BCUT2D eigenvalue weighted by Crippen LogP contribution is -2.23. The van der Waals surface area contributed by atoms with Gasteiger partial charge in [0.15, 0.2) is 5.16 Å². The van der Waals surface area contributed by atoms with E-state index in [1.165, 1.54) is 4.88 Å². The molecule has 150 valence electrons. The summed E-state index contributed by atoms with van der Waals surface area (Å²) in [5, 5.41) is 3.03. The van der Waals surface area contributed by atoms with Crippen LogP contribution in [0, 0.1) is 6.92 Å². The summed E-state index contributed by atoms with van der Waals surface area (Å²) in [6.07, 6.45) is 1.83. The molecule has 7 heteroatoms. The fraction of sp³-hybridized carbons (Fsp3) is 0.273. The average Bonchev–Trinajstić information content (AvgIpc) is 3.37. The van der Waals surface area contributed by atoms with Crippen LogP contribution in [-0.4, -0.2) is 40.1 Å². The summed E-state index contributed by atoms with van der Waals surface area (Å²) in [6, 6.07) is 14.3. The summed E-state index contributed by atoms with van der Waals surface area (Å²) in [4.78, 5) is 16.2. The number of hydrogen-bond donors (Lipinski definition) is 1. The molecule has 1 aromatic carbocycles. The maximum Gasteiger partial charge on any atom is 0.166 e. The number of aromatic amines is 1. The lowest BCUT2D eigenvalue weighted by Gasteiger charge is -2.17. The number of benzene rings is 1. The van der Waals surface area contributed by atoms with E-state index in [2.05, 4.69) is 51.3 Å². The summed E-state index contributed by atoms with van der Waals surface area (Å²) < 4.78 is 6.06. The van der Waals surface area contributed by atoms with Crippen LogP contribution in [0.1, 0.15) is 16.1 Å². The van der Waals surface area contributed by atoms with Gasteiger partial charge in [-0.05, 0) is 43.6 Å². The number of imidazole rings is 1. The number of ether oxygens (including phenoxy) is 1. The fourth-order valence-corrected chi connectivity index (χ4v) is 4.75. The molecule has 0 unspecified atom stereocenters. The third kappa shape index (κ3) is 5.18. The number of rotatable bonds is 9. The van der Waals surface area contributed by atoms with E-state index in [0.29, 0.717) is 6.61 Å². The van der Waals surface area contributed by atoms with E-state index in [9.17, 15) is 0 Å². The van der Waals surface area contributed by atoms with E-state index in [1.54, 1.807) is 23.1 Å². The van der Waals surface area contributed by atoms with E-state index in [1.807, 2.05) is 36.5 Å². The molecule has 0 aliphatic rings. The van der Waals surface area contributed by atoms with Crippen LogP contribution in [0.15, 0.2) is 59.2 Å². The van der Waals surface area contributed by atoms with E-state index in [-0.39, 0.29) is 0 Å². The van der Waals surface area contributed by atoms with Crippen molar-refractivity contribution in [3.05, 3.63) is 70.2 Å². The summed E-state index contributed by atoms with van der Waals surface area (Å²) in [5.74, 6) is 1.66. The Bertz CT molecular complexity index is 1030. The van der Waals surface area contributed by atoms with Crippen molar-refractivity contribution >= 4 is 34.1 Å². The second-order valence-corrected chi connectivity index (χ2v) is 8.89. The summed E-state index contributed by atoms with van der Waals surface area (Å²) in [5.41, 5.74) is 4.17. The zero-order valence-electron chi connectivity index (χ0n) is 16.6. The standard InChI is InChI=1S/C22H24N4OS2/c1-16-20(15-29-22-24-18-7-3-4-8-19(18)25-22)23-10-9-21(16)27-12-11-26(2)14-17-6-5-13-28-17/h3-10,13H,11-12,14-15H2,1-2H3,(H,24,25). The maximum absolute atomic E-state index is 6.06. The van der Waals surface area contributed by atoms with Crippen LogP contribution in [0.5, 0.6) is 5.75 Å². The number of aromatic nitrogens is 3. The number of fused-ring (bicyclic) bond motifs is 1. The van der Waals surface area contributed by atoms with Crippen molar-refractivity contribution in [2.45, 2.75) is 24.4 Å².